The van der Waals surface area contributed by atoms with Gasteiger partial charge in [-0.25, -0.2) is 8.42 Å². The number of aryl methyl sites for hydroxylation is 1. The van der Waals surface area contributed by atoms with E-state index in [1.807, 2.05) is 19.1 Å². The van der Waals surface area contributed by atoms with Gasteiger partial charge in [0.15, 0.2) is 9.84 Å². The SMILES string of the molecule is CCc1ccc(NC(=O)CS(=O)(=O)CCCO)cc1. The van der Waals surface area contributed by atoms with E-state index < -0.39 is 21.5 Å². The maximum Gasteiger partial charge on any atom is 0.239 e. The zero-order chi connectivity index (χ0) is 14.3. The van der Waals surface area contributed by atoms with E-state index in [1.165, 1.54) is 0 Å². The zero-order valence-electron chi connectivity index (χ0n) is 10.9. The van der Waals surface area contributed by atoms with Crippen molar-refractivity contribution < 1.29 is 18.3 Å². The summed E-state index contributed by atoms with van der Waals surface area (Å²) in [5.74, 6) is -1.28. The van der Waals surface area contributed by atoms with Crippen LogP contribution in [0, 0.1) is 0 Å². The van der Waals surface area contributed by atoms with E-state index >= 15 is 0 Å². The Morgan fingerprint density at radius 3 is 2.42 bits per heavy atom. The van der Waals surface area contributed by atoms with Gasteiger partial charge in [-0.05, 0) is 30.5 Å². The van der Waals surface area contributed by atoms with Crippen LogP contribution in [0.3, 0.4) is 0 Å². The fourth-order valence-electron chi connectivity index (χ4n) is 1.58. The van der Waals surface area contributed by atoms with Crippen molar-refractivity contribution in [1.29, 1.82) is 0 Å². The topological polar surface area (TPSA) is 83.5 Å². The third-order valence-corrected chi connectivity index (χ3v) is 4.22. The summed E-state index contributed by atoms with van der Waals surface area (Å²) in [4.78, 5) is 11.6. The van der Waals surface area contributed by atoms with Crippen LogP contribution in [0.15, 0.2) is 24.3 Å². The number of carbonyl (C=O) groups is 1. The fraction of sp³-hybridized carbons (Fsp3) is 0.462. The minimum absolute atomic E-state index is 0.154. The van der Waals surface area contributed by atoms with Gasteiger partial charge in [-0.2, -0.15) is 0 Å². The minimum atomic E-state index is -3.45. The van der Waals surface area contributed by atoms with Crippen LogP contribution < -0.4 is 5.32 Å². The summed E-state index contributed by atoms with van der Waals surface area (Å²) in [6.07, 6.45) is 1.06. The van der Waals surface area contributed by atoms with Crippen molar-refractivity contribution in [3.8, 4) is 0 Å². The molecule has 0 heterocycles. The van der Waals surface area contributed by atoms with Crippen molar-refractivity contribution in [3.63, 3.8) is 0 Å². The quantitative estimate of drug-likeness (QED) is 0.782. The maximum atomic E-state index is 11.6. The lowest BCUT2D eigenvalue weighted by molar-refractivity contribution is -0.113. The molecule has 0 aromatic heterocycles. The number of hydrogen-bond donors (Lipinski definition) is 2. The molecule has 0 bridgehead atoms. The van der Waals surface area contributed by atoms with E-state index in [1.54, 1.807) is 12.1 Å². The van der Waals surface area contributed by atoms with Gasteiger partial charge in [-0.3, -0.25) is 4.79 Å². The second-order valence-electron chi connectivity index (χ2n) is 4.27. The molecule has 0 fully saturated rings. The number of carbonyl (C=O) groups excluding carboxylic acids is 1. The van der Waals surface area contributed by atoms with Gasteiger partial charge in [-0.15, -0.1) is 0 Å². The molecule has 0 spiro atoms. The highest BCUT2D eigenvalue weighted by atomic mass is 32.2. The summed E-state index contributed by atoms with van der Waals surface area (Å²) >= 11 is 0. The minimum Gasteiger partial charge on any atom is -0.396 e. The Labute approximate surface area is 113 Å². The van der Waals surface area contributed by atoms with Gasteiger partial charge in [0.2, 0.25) is 5.91 Å². The molecule has 0 saturated carbocycles. The molecule has 1 aromatic carbocycles. The Hall–Kier alpha value is -1.40. The van der Waals surface area contributed by atoms with Crippen molar-refractivity contribution in [3.05, 3.63) is 29.8 Å². The maximum absolute atomic E-state index is 11.6. The van der Waals surface area contributed by atoms with Gasteiger partial charge < -0.3 is 10.4 Å². The molecule has 1 aromatic rings. The molecule has 0 atom stereocenters. The van der Waals surface area contributed by atoms with Gasteiger partial charge in [-0.1, -0.05) is 19.1 Å². The first kappa shape index (κ1) is 15.7. The highest BCUT2D eigenvalue weighted by Crippen LogP contribution is 2.10. The average Bonchev–Trinajstić information content (AvgIpc) is 2.36. The molecule has 0 aliphatic heterocycles. The highest BCUT2D eigenvalue weighted by molar-refractivity contribution is 7.92. The van der Waals surface area contributed by atoms with Gasteiger partial charge in [0.05, 0.1) is 5.75 Å². The highest BCUT2D eigenvalue weighted by Gasteiger charge is 2.16. The van der Waals surface area contributed by atoms with Crippen LogP contribution in [-0.2, 0) is 21.1 Å². The van der Waals surface area contributed by atoms with E-state index in [2.05, 4.69) is 5.32 Å². The average molecular weight is 285 g/mol. The smallest absolute Gasteiger partial charge is 0.239 e. The second-order valence-corrected chi connectivity index (χ2v) is 6.45. The molecule has 0 unspecified atom stereocenters. The number of amides is 1. The van der Waals surface area contributed by atoms with Crippen molar-refractivity contribution in [2.75, 3.05) is 23.4 Å². The molecule has 0 aliphatic rings. The zero-order valence-corrected chi connectivity index (χ0v) is 11.7. The van der Waals surface area contributed by atoms with Crippen LogP contribution >= 0.6 is 0 Å². The Balaban J connectivity index is 2.54. The third-order valence-electron chi connectivity index (χ3n) is 2.61. The predicted molar refractivity (Wildman–Crippen MR) is 74.8 cm³/mol. The molecule has 106 valence electrons. The Bertz CT molecular complexity index is 508. The van der Waals surface area contributed by atoms with Crippen molar-refractivity contribution in [2.24, 2.45) is 0 Å². The number of aliphatic hydroxyl groups excluding tert-OH is 1. The summed E-state index contributed by atoms with van der Waals surface area (Å²) in [7, 11) is -3.45. The molecular weight excluding hydrogens is 266 g/mol. The van der Waals surface area contributed by atoms with Crippen LogP contribution in [0.25, 0.3) is 0 Å². The van der Waals surface area contributed by atoms with E-state index in [9.17, 15) is 13.2 Å². The van der Waals surface area contributed by atoms with Gasteiger partial charge in [0.1, 0.15) is 5.75 Å². The van der Waals surface area contributed by atoms with Crippen LogP contribution in [0.5, 0.6) is 0 Å². The Morgan fingerprint density at radius 1 is 1.26 bits per heavy atom. The first-order valence-electron chi connectivity index (χ1n) is 6.17. The monoisotopic (exact) mass is 285 g/mol. The lowest BCUT2D eigenvalue weighted by atomic mass is 10.1. The molecule has 1 amide bonds. The van der Waals surface area contributed by atoms with E-state index in [0.29, 0.717) is 5.69 Å². The summed E-state index contributed by atoms with van der Waals surface area (Å²) < 4.78 is 23.0. The van der Waals surface area contributed by atoms with Gasteiger partial charge in [0.25, 0.3) is 0 Å². The van der Waals surface area contributed by atoms with Crippen molar-refractivity contribution in [2.45, 2.75) is 19.8 Å². The van der Waals surface area contributed by atoms with Crippen LogP contribution in [0.1, 0.15) is 18.9 Å². The second kappa shape index (κ2) is 7.25. The van der Waals surface area contributed by atoms with Gasteiger partial charge >= 0.3 is 0 Å². The standard InChI is InChI=1S/C13H19NO4S/c1-2-11-4-6-12(7-5-11)14-13(16)10-19(17,18)9-3-8-15/h4-7,15H,2-3,8-10H2,1H3,(H,14,16). The number of aliphatic hydroxyl groups is 1. The number of sulfone groups is 1. The normalized spacial score (nSPS) is 11.3. The summed E-state index contributed by atoms with van der Waals surface area (Å²) in [5.41, 5.74) is 1.73. The molecular formula is C13H19NO4S. The first-order valence-corrected chi connectivity index (χ1v) is 7.99. The molecule has 5 nitrogen and oxygen atoms in total. The van der Waals surface area contributed by atoms with E-state index in [-0.39, 0.29) is 18.8 Å². The molecule has 6 heteroatoms. The molecule has 19 heavy (non-hydrogen) atoms. The number of anilines is 1. The molecule has 1 rings (SSSR count). The first-order chi connectivity index (χ1) is 8.96. The Morgan fingerprint density at radius 2 is 1.89 bits per heavy atom. The lowest BCUT2D eigenvalue weighted by Crippen LogP contribution is -2.25. The Kier molecular flexibility index (Phi) is 5.98. The molecule has 2 N–H and O–H groups in total. The van der Waals surface area contributed by atoms with Crippen molar-refractivity contribution in [1.82, 2.24) is 0 Å². The summed E-state index contributed by atoms with van der Waals surface area (Å²) in [6, 6.07) is 7.26. The number of benzene rings is 1. The summed E-state index contributed by atoms with van der Waals surface area (Å²) in [6.45, 7) is 1.83. The fourth-order valence-corrected chi connectivity index (χ4v) is 2.76. The van der Waals surface area contributed by atoms with E-state index in [0.717, 1.165) is 12.0 Å². The largest absolute Gasteiger partial charge is 0.396 e. The molecule has 0 aliphatic carbocycles. The molecule has 0 radical (unpaired) electrons. The summed E-state index contributed by atoms with van der Waals surface area (Å²) in [5, 5.41) is 11.1. The molecule has 0 saturated heterocycles. The van der Waals surface area contributed by atoms with Gasteiger partial charge in [0, 0.05) is 12.3 Å². The number of hydrogen-bond acceptors (Lipinski definition) is 4. The van der Waals surface area contributed by atoms with Crippen molar-refractivity contribution >= 4 is 21.4 Å². The van der Waals surface area contributed by atoms with E-state index in [4.69, 9.17) is 5.11 Å². The van der Waals surface area contributed by atoms with Crippen LogP contribution in [0.4, 0.5) is 5.69 Å². The van der Waals surface area contributed by atoms with Crippen LogP contribution in [-0.4, -0.2) is 37.5 Å². The predicted octanol–water partition coefficient (Wildman–Crippen LogP) is 0.985. The van der Waals surface area contributed by atoms with Crippen LogP contribution in [0.2, 0.25) is 0 Å². The lowest BCUT2D eigenvalue weighted by Gasteiger charge is -2.06. The number of nitrogens with one attached hydrogen (secondary N) is 1. The number of rotatable bonds is 7. The third kappa shape index (κ3) is 5.85.